The molecule has 2 aromatic carbocycles. The van der Waals surface area contributed by atoms with Crippen molar-refractivity contribution in [3.05, 3.63) is 64.5 Å². The van der Waals surface area contributed by atoms with E-state index in [0.717, 1.165) is 62.5 Å². The van der Waals surface area contributed by atoms with Gasteiger partial charge in [0.25, 0.3) is 0 Å². The summed E-state index contributed by atoms with van der Waals surface area (Å²) in [5.74, 6) is -1.76. The number of benzene rings is 2. The molecule has 0 spiro atoms. The van der Waals surface area contributed by atoms with Crippen molar-refractivity contribution in [3.63, 3.8) is 0 Å². The molecule has 0 heterocycles. The molecular weight excluding hydrogens is 373 g/mol. The molecule has 0 aromatic heterocycles. The fourth-order valence-electron chi connectivity index (χ4n) is 4.48. The first-order valence-corrected chi connectivity index (χ1v) is 10.9. The molecule has 1 fully saturated rings. The van der Waals surface area contributed by atoms with Gasteiger partial charge in [-0.15, -0.1) is 0 Å². The van der Waals surface area contributed by atoms with Crippen LogP contribution in [0, 0.1) is 17.5 Å². The van der Waals surface area contributed by atoms with Crippen LogP contribution >= 0.6 is 0 Å². The molecule has 1 nitrogen and oxygen atoms in total. The van der Waals surface area contributed by atoms with Crippen LogP contribution in [0.3, 0.4) is 0 Å². The van der Waals surface area contributed by atoms with E-state index in [4.69, 9.17) is 4.74 Å². The molecule has 0 bridgehead atoms. The van der Waals surface area contributed by atoms with Crippen molar-refractivity contribution in [2.75, 3.05) is 6.61 Å². The van der Waals surface area contributed by atoms with Gasteiger partial charge in [0.2, 0.25) is 5.82 Å². The SMILES string of the molecule is CCCCCc1ccc(C2CCC(c3ccc(OCC)c(F)c3F)CC2)c(F)c1. The van der Waals surface area contributed by atoms with Crippen LogP contribution in [-0.2, 0) is 6.42 Å². The number of rotatable bonds is 8. The maximum absolute atomic E-state index is 14.7. The Bertz CT molecular complexity index is 810. The Labute approximate surface area is 172 Å². The van der Waals surface area contributed by atoms with E-state index >= 15 is 0 Å². The van der Waals surface area contributed by atoms with Crippen LogP contribution in [0.5, 0.6) is 5.75 Å². The lowest BCUT2D eigenvalue weighted by Gasteiger charge is -2.29. The smallest absolute Gasteiger partial charge is 0.200 e. The fourth-order valence-corrected chi connectivity index (χ4v) is 4.48. The van der Waals surface area contributed by atoms with Crippen molar-refractivity contribution in [2.24, 2.45) is 0 Å². The number of ether oxygens (including phenoxy) is 1. The molecule has 0 radical (unpaired) electrons. The topological polar surface area (TPSA) is 9.23 Å². The molecule has 0 unspecified atom stereocenters. The van der Waals surface area contributed by atoms with Crippen LogP contribution in [0.4, 0.5) is 13.2 Å². The minimum absolute atomic E-state index is 0.0344. The number of unbranched alkanes of at least 4 members (excludes halogenated alkanes) is 2. The number of hydrogen-bond donors (Lipinski definition) is 0. The van der Waals surface area contributed by atoms with Gasteiger partial charge in [-0.2, -0.15) is 4.39 Å². The van der Waals surface area contributed by atoms with Gasteiger partial charge in [0.1, 0.15) is 5.82 Å². The zero-order valence-electron chi connectivity index (χ0n) is 17.4. The third-order valence-electron chi connectivity index (χ3n) is 6.12. The van der Waals surface area contributed by atoms with Crippen LogP contribution in [0.25, 0.3) is 0 Å². The summed E-state index contributed by atoms with van der Waals surface area (Å²) in [6, 6.07) is 8.80. The molecule has 1 aliphatic carbocycles. The van der Waals surface area contributed by atoms with Crippen molar-refractivity contribution in [2.45, 2.75) is 77.0 Å². The molecule has 0 N–H and O–H groups in total. The van der Waals surface area contributed by atoms with Crippen molar-refractivity contribution >= 4 is 0 Å². The Morgan fingerprint density at radius 1 is 0.828 bits per heavy atom. The molecule has 0 saturated heterocycles. The van der Waals surface area contributed by atoms with E-state index in [2.05, 4.69) is 6.92 Å². The van der Waals surface area contributed by atoms with E-state index in [-0.39, 0.29) is 23.4 Å². The van der Waals surface area contributed by atoms with E-state index < -0.39 is 11.6 Å². The van der Waals surface area contributed by atoms with Gasteiger partial charge < -0.3 is 4.74 Å². The second kappa shape index (κ2) is 10.2. The summed E-state index contributed by atoms with van der Waals surface area (Å²) in [7, 11) is 0. The van der Waals surface area contributed by atoms with Crippen molar-refractivity contribution < 1.29 is 17.9 Å². The maximum atomic E-state index is 14.7. The Morgan fingerprint density at radius 3 is 2.10 bits per heavy atom. The summed E-state index contributed by atoms with van der Waals surface area (Å²) in [6.45, 7) is 4.20. The minimum atomic E-state index is -0.906. The maximum Gasteiger partial charge on any atom is 0.200 e. The van der Waals surface area contributed by atoms with Crippen molar-refractivity contribution in [3.8, 4) is 5.75 Å². The third kappa shape index (κ3) is 5.15. The highest BCUT2D eigenvalue weighted by atomic mass is 19.2. The second-order valence-electron chi connectivity index (χ2n) is 8.08. The van der Waals surface area contributed by atoms with Gasteiger partial charge in [-0.25, -0.2) is 8.78 Å². The van der Waals surface area contributed by atoms with E-state index in [1.807, 2.05) is 12.1 Å². The molecule has 158 valence electrons. The summed E-state index contributed by atoms with van der Waals surface area (Å²) in [4.78, 5) is 0. The van der Waals surface area contributed by atoms with Crippen LogP contribution in [-0.4, -0.2) is 6.61 Å². The largest absolute Gasteiger partial charge is 0.491 e. The monoisotopic (exact) mass is 404 g/mol. The summed E-state index contributed by atoms with van der Waals surface area (Å²) < 4.78 is 48.5. The van der Waals surface area contributed by atoms with Crippen molar-refractivity contribution in [1.82, 2.24) is 0 Å². The van der Waals surface area contributed by atoms with Crippen LogP contribution in [0.15, 0.2) is 30.3 Å². The molecule has 3 rings (SSSR count). The zero-order valence-corrected chi connectivity index (χ0v) is 17.4. The fraction of sp³-hybridized carbons (Fsp3) is 0.520. The minimum Gasteiger partial charge on any atom is -0.491 e. The quantitative estimate of drug-likeness (QED) is 0.410. The highest BCUT2D eigenvalue weighted by molar-refractivity contribution is 5.34. The molecule has 0 amide bonds. The van der Waals surface area contributed by atoms with E-state index in [0.29, 0.717) is 12.2 Å². The van der Waals surface area contributed by atoms with Crippen LogP contribution < -0.4 is 4.74 Å². The van der Waals surface area contributed by atoms with Gasteiger partial charge in [-0.3, -0.25) is 0 Å². The van der Waals surface area contributed by atoms with Gasteiger partial charge in [-0.1, -0.05) is 38.0 Å². The predicted molar refractivity (Wildman–Crippen MR) is 111 cm³/mol. The highest BCUT2D eigenvalue weighted by Crippen LogP contribution is 2.42. The van der Waals surface area contributed by atoms with E-state index in [9.17, 15) is 13.2 Å². The summed E-state index contributed by atoms with van der Waals surface area (Å²) >= 11 is 0. The summed E-state index contributed by atoms with van der Waals surface area (Å²) in [5.41, 5.74) is 2.23. The lowest BCUT2D eigenvalue weighted by atomic mass is 9.75. The Kier molecular flexibility index (Phi) is 7.63. The van der Waals surface area contributed by atoms with Gasteiger partial charge in [0.15, 0.2) is 11.6 Å². The zero-order chi connectivity index (χ0) is 20.8. The first-order valence-electron chi connectivity index (χ1n) is 10.9. The van der Waals surface area contributed by atoms with Gasteiger partial charge in [0, 0.05) is 0 Å². The molecule has 0 atom stereocenters. The lowest BCUT2D eigenvalue weighted by molar-refractivity contribution is 0.310. The first kappa shape index (κ1) is 21.7. The Hall–Kier alpha value is -1.97. The normalized spacial score (nSPS) is 19.3. The summed E-state index contributed by atoms with van der Waals surface area (Å²) in [5, 5.41) is 0. The predicted octanol–water partition coefficient (Wildman–Crippen LogP) is 7.68. The van der Waals surface area contributed by atoms with Gasteiger partial charge >= 0.3 is 0 Å². The Balaban J connectivity index is 1.64. The van der Waals surface area contributed by atoms with Crippen molar-refractivity contribution in [1.29, 1.82) is 0 Å². The average Bonchev–Trinajstić information content (AvgIpc) is 2.72. The number of halogens is 3. The van der Waals surface area contributed by atoms with Crippen LogP contribution in [0.2, 0.25) is 0 Å². The lowest BCUT2D eigenvalue weighted by Crippen LogP contribution is -2.15. The highest BCUT2D eigenvalue weighted by Gasteiger charge is 2.28. The first-order chi connectivity index (χ1) is 14.0. The molecule has 2 aromatic rings. The third-order valence-corrected chi connectivity index (χ3v) is 6.12. The Morgan fingerprint density at radius 2 is 1.48 bits per heavy atom. The number of aryl methyl sites for hydroxylation is 1. The standard InChI is InChI=1S/C25H31F3O/c1-3-5-6-7-17-8-13-20(22(26)16-17)18-9-11-19(12-10-18)21-14-15-23(29-4-2)25(28)24(21)27/h8,13-16,18-19H,3-7,9-12H2,1-2H3. The number of hydrogen-bond acceptors (Lipinski definition) is 1. The second-order valence-corrected chi connectivity index (χ2v) is 8.08. The van der Waals surface area contributed by atoms with Crippen LogP contribution in [0.1, 0.15) is 87.3 Å². The molecular formula is C25H31F3O. The molecule has 0 aliphatic heterocycles. The molecule has 1 aliphatic rings. The van der Waals surface area contributed by atoms with Gasteiger partial charge in [-0.05, 0) is 86.1 Å². The van der Waals surface area contributed by atoms with Gasteiger partial charge in [0.05, 0.1) is 6.61 Å². The average molecular weight is 405 g/mol. The molecule has 4 heteroatoms. The van der Waals surface area contributed by atoms with E-state index in [1.165, 1.54) is 6.07 Å². The molecule has 1 saturated carbocycles. The van der Waals surface area contributed by atoms with E-state index in [1.54, 1.807) is 19.1 Å². The summed E-state index contributed by atoms with van der Waals surface area (Å²) in [6.07, 6.45) is 7.35. The molecule has 29 heavy (non-hydrogen) atoms.